The van der Waals surface area contributed by atoms with Crippen LogP contribution in [0.3, 0.4) is 0 Å². The van der Waals surface area contributed by atoms with E-state index in [1.54, 1.807) is 0 Å². The average molecular weight is 366 g/mol. The number of nitrogens with two attached hydrogens (primary N) is 1. The van der Waals surface area contributed by atoms with Crippen LogP contribution in [0.4, 0.5) is 32.0 Å². The van der Waals surface area contributed by atoms with E-state index < -0.39 is 40.7 Å². The summed E-state index contributed by atoms with van der Waals surface area (Å²) in [6, 6.07) is 3.25. The monoisotopic (exact) mass is 366 g/mol. The van der Waals surface area contributed by atoms with E-state index in [-0.39, 0.29) is 22.9 Å². The lowest BCUT2D eigenvalue weighted by Crippen LogP contribution is -2.18. The number of benzene rings is 2. The zero-order valence-electron chi connectivity index (χ0n) is 11.5. The van der Waals surface area contributed by atoms with Crippen molar-refractivity contribution in [2.75, 3.05) is 5.32 Å². The van der Waals surface area contributed by atoms with Crippen molar-refractivity contribution in [3.05, 3.63) is 53.3 Å². The fraction of sp³-hybridized carbons (Fsp3) is 0.0714. The first-order chi connectivity index (χ1) is 11.1. The molecule has 0 aliphatic carbocycles. The van der Waals surface area contributed by atoms with Gasteiger partial charge in [0.05, 0.1) is 5.56 Å². The molecule has 0 spiro atoms. The Balaban J connectivity index is 2.33. The van der Waals surface area contributed by atoms with Gasteiger partial charge in [-0.3, -0.25) is 0 Å². The molecule has 0 atom stereocenters. The van der Waals surface area contributed by atoms with Crippen LogP contribution in [-0.4, -0.2) is 5.11 Å². The van der Waals surface area contributed by atoms with Gasteiger partial charge in [-0.25, -0.2) is 13.2 Å². The van der Waals surface area contributed by atoms with Gasteiger partial charge >= 0.3 is 6.18 Å². The lowest BCUT2D eigenvalue weighted by atomic mass is 10.2. The van der Waals surface area contributed by atoms with E-state index in [4.69, 9.17) is 10.5 Å². The number of rotatable bonds is 3. The lowest BCUT2D eigenvalue weighted by molar-refractivity contribution is -0.138. The fourth-order valence-electron chi connectivity index (χ4n) is 1.73. The Kier molecular flexibility index (Phi) is 4.88. The minimum atomic E-state index is -4.93. The van der Waals surface area contributed by atoms with E-state index in [0.29, 0.717) is 0 Å². The largest absolute Gasteiger partial charge is 0.448 e. The van der Waals surface area contributed by atoms with Crippen LogP contribution >= 0.6 is 12.2 Å². The van der Waals surface area contributed by atoms with Crippen molar-refractivity contribution in [2.45, 2.75) is 6.18 Å². The molecule has 0 aromatic heterocycles. The molecule has 0 unspecified atom stereocenters. The number of hydrogen-bond donors (Lipinski definition) is 2. The average Bonchev–Trinajstić information content (AvgIpc) is 2.43. The summed E-state index contributed by atoms with van der Waals surface area (Å²) in [6.45, 7) is 0. The van der Waals surface area contributed by atoms with Gasteiger partial charge in [-0.2, -0.15) is 13.2 Å². The molecule has 10 heteroatoms. The van der Waals surface area contributed by atoms with Gasteiger partial charge in [-0.1, -0.05) is 0 Å². The summed E-state index contributed by atoms with van der Waals surface area (Å²) in [6.07, 6.45) is -4.93. The number of anilines is 1. The topological polar surface area (TPSA) is 47.3 Å². The van der Waals surface area contributed by atoms with Crippen LogP contribution in [0.2, 0.25) is 0 Å². The molecule has 0 saturated carbocycles. The van der Waals surface area contributed by atoms with E-state index in [1.165, 1.54) is 6.07 Å². The summed E-state index contributed by atoms with van der Waals surface area (Å²) in [5.74, 6) is -6.02. The van der Waals surface area contributed by atoms with E-state index in [9.17, 15) is 26.3 Å². The summed E-state index contributed by atoms with van der Waals surface area (Å²) in [7, 11) is 0. The van der Waals surface area contributed by atoms with Crippen LogP contribution in [0.25, 0.3) is 0 Å². The second-order valence-corrected chi connectivity index (χ2v) is 4.94. The number of ether oxygens (including phenoxy) is 1. The van der Waals surface area contributed by atoms with Gasteiger partial charge in [0.15, 0.2) is 34.1 Å². The highest BCUT2D eigenvalue weighted by Crippen LogP contribution is 2.36. The molecular formula is C14H8F6N2OS. The Morgan fingerprint density at radius 2 is 1.58 bits per heavy atom. The third kappa shape index (κ3) is 4.07. The van der Waals surface area contributed by atoms with Crippen LogP contribution in [0.15, 0.2) is 30.3 Å². The molecule has 128 valence electrons. The predicted molar refractivity (Wildman–Crippen MR) is 78.2 cm³/mol. The molecular weight excluding hydrogens is 358 g/mol. The Bertz CT molecular complexity index is 770. The summed E-state index contributed by atoms with van der Waals surface area (Å²) >= 11 is 4.56. The number of nitrogens with one attached hydrogen (secondary N) is 1. The minimum Gasteiger partial charge on any atom is -0.448 e. The maximum atomic E-state index is 13.8. The summed E-state index contributed by atoms with van der Waals surface area (Å²) < 4.78 is 83.3. The molecule has 2 rings (SSSR count). The summed E-state index contributed by atoms with van der Waals surface area (Å²) in [5, 5.41) is 2.29. The van der Waals surface area contributed by atoms with Crippen molar-refractivity contribution < 1.29 is 31.1 Å². The zero-order chi connectivity index (χ0) is 18.1. The van der Waals surface area contributed by atoms with Crippen LogP contribution in [0, 0.1) is 17.5 Å². The van der Waals surface area contributed by atoms with E-state index in [2.05, 4.69) is 17.5 Å². The number of hydrogen-bond acceptors (Lipinski definition) is 2. The molecule has 2 aromatic carbocycles. The molecule has 0 amide bonds. The highest BCUT2D eigenvalue weighted by molar-refractivity contribution is 7.80. The number of thiocarbonyl (C=S) groups is 1. The maximum Gasteiger partial charge on any atom is 0.416 e. The molecule has 0 aliphatic rings. The Morgan fingerprint density at radius 3 is 2.04 bits per heavy atom. The SMILES string of the molecule is NC(=S)Nc1ccc(Oc2c(F)cc(C(F)(F)F)cc2F)c(F)c1. The van der Waals surface area contributed by atoms with Gasteiger partial charge in [0, 0.05) is 11.8 Å². The zero-order valence-corrected chi connectivity index (χ0v) is 12.4. The maximum absolute atomic E-state index is 13.8. The summed E-state index contributed by atoms with van der Waals surface area (Å²) in [4.78, 5) is 0. The van der Waals surface area contributed by atoms with Gasteiger partial charge in [0.1, 0.15) is 0 Å². The second-order valence-electron chi connectivity index (χ2n) is 4.50. The quantitative estimate of drug-likeness (QED) is 0.617. The lowest BCUT2D eigenvalue weighted by Gasteiger charge is -2.13. The Hall–Kier alpha value is -2.49. The highest BCUT2D eigenvalue weighted by atomic mass is 32.1. The fourth-order valence-corrected chi connectivity index (χ4v) is 1.85. The standard InChI is InChI=1S/C14H8F6N2OS/c15-8-5-7(22-13(21)24)1-2-11(8)23-12-9(16)3-6(4-10(12)17)14(18,19)20/h1-5H,(H3,21,22,24). The third-order valence-electron chi connectivity index (χ3n) is 2.74. The predicted octanol–water partition coefficient (Wildman–Crippen LogP) is 4.57. The van der Waals surface area contributed by atoms with Gasteiger partial charge < -0.3 is 15.8 Å². The highest BCUT2D eigenvalue weighted by Gasteiger charge is 2.33. The molecule has 0 aliphatic heterocycles. The van der Waals surface area contributed by atoms with Crippen molar-refractivity contribution in [3.63, 3.8) is 0 Å². The third-order valence-corrected chi connectivity index (χ3v) is 2.84. The number of alkyl halides is 3. The first-order valence-corrected chi connectivity index (χ1v) is 6.59. The van der Waals surface area contributed by atoms with Gasteiger partial charge in [0.2, 0.25) is 0 Å². The van der Waals surface area contributed by atoms with Crippen molar-refractivity contribution in [1.82, 2.24) is 0 Å². The van der Waals surface area contributed by atoms with Gasteiger partial charge in [-0.15, -0.1) is 0 Å². The van der Waals surface area contributed by atoms with Crippen molar-refractivity contribution in [1.29, 1.82) is 0 Å². The van der Waals surface area contributed by atoms with Crippen molar-refractivity contribution in [3.8, 4) is 11.5 Å². The molecule has 2 aromatic rings. The smallest absolute Gasteiger partial charge is 0.416 e. The molecule has 24 heavy (non-hydrogen) atoms. The van der Waals surface area contributed by atoms with E-state index in [1.807, 2.05) is 0 Å². The Labute approximate surface area is 137 Å². The van der Waals surface area contributed by atoms with Gasteiger partial charge in [-0.05, 0) is 36.5 Å². The minimum absolute atomic E-state index is 0.0547. The molecule has 0 radical (unpaired) electrons. The first kappa shape index (κ1) is 17.9. The van der Waals surface area contributed by atoms with Crippen LogP contribution < -0.4 is 15.8 Å². The molecule has 0 saturated heterocycles. The summed E-state index contributed by atoms with van der Waals surface area (Å²) in [5.41, 5.74) is 3.83. The normalized spacial score (nSPS) is 11.2. The first-order valence-electron chi connectivity index (χ1n) is 6.18. The van der Waals surface area contributed by atoms with Crippen LogP contribution in [0.1, 0.15) is 5.56 Å². The van der Waals surface area contributed by atoms with Crippen LogP contribution in [-0.2, 0) is 6.18 Å². The Morgan fingerprint density at radius 1 is 1.00 bits per heavy atom. The molecule has 0 heterocycles. The van der Waals surface area contributed by atoms with Crippen LogP contribution in [0.5, 0.6) is 11.5 Å². The number of halogens is 6. The van der Waals surface area contributed by atoms with E-state index in [0.717, 1.165) is 12.1 Å². The van der Waals surface area contributed by atoms with Crippen molar-refractivity contribution in [2.24, 2.45) is 5.73 Å². The van der Waals surface area contributed by atoms with Crippen molar-refractivity contribution >= 4 is 23.0 Å². The molecule has 0 fully saturated rings. The molecule has 0 bridgehead atoms. The molecule has 3 N–H and O–H groups in total. The second kappa shape index (κ2) is 6.56. The molecule has 3 nitrogen and oxygen atoms in total. The van der Waals surface area contributed by atoms with Gasteiger partial charge in [0.25, 0.3) is 0 Å². The van der Waals surface area contributed by atoms with E-state index >= 15 is 0 Å².